The Morgan fingerprint density at radius 2 is 0.962 bits per heavy atom. The van der Waals surface area contributed by atoms with Crippen LogP contribution in [0.25, 0.3) is 0 Å². The van der Waals surface area contributed by atoms with E-state index in [0.717, 1.165) is 45.0 Å². The second-order valence-corrected chi connectivity index (χ2v) is 11.4. The molecule has 0 spiro atoms. The summed E-state index contributed by atoms with van der Waals surface area (Å²) >= 11 is 0. The lowest BCUT2D eigenvalue weighted by Crippen LogP contribution is -2.47. The van der Waals surface area contributed by atoms with Gasteiger partial charge in [-0.25, -0.2) is 14.4 Å². The van der Waals surface area contributed by atoms with Gasteiger partial charge in [-0.15, -0.1) is 0 Å². The lowest BCUT2D eigenvalue weighted by molar-refractivity contribution is -0.170. The zero-order valence-corrected chi connectivity index (χ0v) is 30.5. The zero-order valence-electron chi connectivity index (χ0n) is 30.5. The number of nitrogens with one attached hydrogen (secondary N) is 1. The summed E-state index contributed by atoms with van der Waals surface area (Å²) in [6.07, 6.45) is -4.58. The van der Waals surface area contributed by atoms with Crippen molar-refractivity contribution in [2.75, 3.05) is 65.5 Å². The Bertz CT molecular complexity index is 1200. The van der Waals surface area contributed by atoms with Crippen LogP contribution in [0.2, 0.25) is 0 Å². The number of aliphatic hydroxyl groups is 2. The number of urea groups is 1. The van der Waals surface area contributed by atoms with Gasteiger partial charge in [-0.1, -0.05) is 45.9 Å². The summed E-state index contributed by atoms with van der Waals surface area (Å²) < 4.78 is 5.78. The molecular formula is C33H54N4O16. The Balaban J connectivity index is 0. The lowest BCUT2D eigenvalue weighted by Gasteiger charge is -2.27. The van der Waals surface area contributed by atoms with Gasteiger partial charge in [0.1, 0.15) is 12.4 Å². The Hall–Kier alpha value is -5.05. The number of hydrogen-bond donors (Lipinski definition) is 9. The van der Waals surface area contributed by atoms with Gasteiger partial charge in [0.25, 0.3) is 0 Å². The maximum absolute atomic E-state index is 12.7. The van der Waals surface area contributed by atoms with Crippen molar-refractivity contribution in [3.63, 3.8) is 0 Å². The molecular weight excluding hydrogens is 708 g/mol. The second kappa shape index (κ2) is 26.7. The first-order valence-corrected chi connectivity index (χ1v) is 16.6. The van der Waals surface area contributed by atoms with Gasteiger partial charge < -0.3 is 65.6 Å². The van der Waals surface area contributed by atoms with E-state index in [1.165, 1.54) is 0 Å². The van der Waals surface area contributed by atoms with Gasteiger partial charge >= 0.3 is 41.8 Å². The summed E-state index contributed by atoms with van der Waals surface area (Å²) in [7, 11) is 0. The van der Waals surface area contributed by atoms with Gasteiger partial charge in [-0.05, 0) is 38.3 Å². The van der Waals surface area contributed by atoms with Crippen LogP contribution in [0.15, 0.2) is 30.3 Å². The third-order valence-corrected chi connectivity index (χ3v) is 7.41. The number of carboxylic acids is 6. The van der Waals surface area contributed by atoms with Crippen LogP contribution in [0.1, 0.15) is 53.4 Å². The lowest BCUT2D eigenvalue weighted by atomic mass is 9.96. The Morgan fingerprint density at radius 3 is 1.30 bits per heavy atom. The summed E-state index contributed by atoms with van der Waals surface area (Å²) in [5.41, 5.74) is -5.48. The maximum atomic E-state index is 12.7. The number of hydrogen-bond acceptors (Lipinski definition) is 12. The number of carbonyl (C=O) groups is 7. The van der Waals surface area contributed by atoms with E-state index < -0.39 is 72.7 Å². The van der Waals surface area contributed by atoms with E-state index in [1.807, 2.05) is 35.2 Å². The van der Waals surface area contributed by atoms with Crippen LogP contribution in [-0.2, 0) is 28.8 Å². The molecule has 0 aliphatic carbocycles. The van der Waals surface area contributed by atoms with Gasteiger partial charge in [0.2, 0.25) is 0 Å². The Kier molecular flexibility index (Phi) is 25.2. The van der Waals surface area contributed by atoms with E-state index in [-0.39, 0.29) is 6.03 Å². The summed E-state index contributed by atoms with van der Waals surface area (Å²) in [4.78, 5) is 80.1. The third-order valence-electron chi connectivity index (χ3n) is 7.41. The molecule has 0 heterocycles. The molecule has 0 bridgehead atoms. The molecule has 2 amide bonds. The Labute approximate surface area is 307 Å². The van der Waals surface area contributed by atoms with E-state index >= 15 is 0 Å². The molecule has 0 fully saturated rings. The third kappa shape index (κ3) is 23.2. The number of rotatable bonds is 24. The summed E-state index contributed by atoms with van der Waals surface area (Å²) in [5, 5.41) is 70.7. The number of nitrogens with zero attached hydrogens (tertiary/aromatic N) is 3. The SMILES string of the molecule is CCN(CC)CCNC(=O)N(CCOc1ccccc1)CCN(CC)CC.O=C(O)CC(O)(CC(=O)O)C(=O)O.O=C(O)CC(O)(CC(=O)O)C(=O)O. The minimum Gasteiger partial charge on any atom is -0.492 e. The zero-order chi connectivity index (χ0) is 41.2. The summed E-state index contributed by atoms with van der Waals surface area (Å²) in [6, 6.07) is 9.73. The van der Waals surface area contributed by atoms with Gasteiger partial charge in [-0.2, -0.15) is 0 Å². The summed E-state index contributed by atoms with van der Waals surface area (Å²) in [5.74, 6) is -9.20. The molecule has 9 N–H and O–H groups in total. The van der Waals surface area contributed by atoms with Crippen LogP contribution < -0.4 is 10.1 Å². The number of para-hydroxylation sites is 1. The van der Waals surface area contributed by atoms with Crippen LogP contribution in [0.5, 0.6) is 5.75 Å². The van der Waals surface area contributed by atoms with E-state index in [0.29, 0.717) is 26.2 Å². The van der Waals surface area contributed by atoms with Crippen LogP contribution in [0.4, 0.5) is 4.79 Å². The maximum Gasteiger partial charge on any atom is 0.336 e. The molecule has 53 heavy (non-hydrogen) atoms. The van der Waals surface area contributed by atoms with Crippen molar-refractivity contribution in [1.29, 1.82) is 0 Å². The predicted molar refractivity (Wildman–Crippen MR) is 187 cm³/mol. The van der Waals surface area contributed by atoms with Crippen LogP contribution in [-0.4, -0.2) is 174 Å². The van der Waals surface area contributed by atoms with Crippen LogP contribution in [0, 0.1) is 0 Å². The molecule has 0 aliphatic rings. The average molecular weight is 763 g/mol. The van der Waals surface area contributed by atoms with Crippen molar-refractivity contribution >= 4 is 41.8 Å². The minimum atomic E-state index is -2.74. The molecule has 0 saturated carbocycles. The first kappa shape index (κ1) is 50.1. The van der Waals surface area contributed by atoms with Crippen molar-refractivity contribution in [1.82, 2.24) is 20.0 Å². The van der Waals surface area contributed by atoms with Gasteiger partial charge in [-0.3, -0.25) is 19.2 Å². The van der Waals surface area contributed by atoms with Crippen molar-refractivity contribution < 1.29 is 79.2 Å². The molecule has 0 saturated heterocycles. The molecule has 1 aromatic carbocycles. The normalized spacial score (nSPS) is 10.9. The molecule has 1 aromatic rings. The van der Waals surface area contributed by atoms with Gasteiger partial charge in [0.05, 0.1) is 32.2 Å². The Morgan fingerprint density at radius 1 is 0.585 bits per heavy atom. The van der Waals surface area contributed by atoms with Crippen LogP contribution >= 0.6 is 0 Å². The smallest absolute Gasteiger partial charge is 0.336 e. The van der Waals surface area contributed by atoms with Gasteiger partial charge in [0, 0.05) is 26.2 Å². The van der Waals surface area contributed by atoms with Crippen LogP contribution in [0.3, 0.4) is 0 Å². The first-order valence-electron chi connectivity index (χ1n) is 16.6. The molecule has 20 nitrogen and oxygen atoms in total. The first-order chi connectivity index (χ1) is 24.7. The molecule has 20 heteroatoms. The predicted octanol–water partition coefficient (Wildman–Crippen LogP) is 0.264. The average Bonchev–Trinajstić information content (AvgIpc) is 3.05. The largest absolute Gasteiger partial charge is 0.492 e. The van der Waals surface area contributed by atoms with Crippen molar-refractivity contribution in [3.05, 3.63) is 30.3 Å². The number of ether oxygens (including phenoxy) is 1. The fourth-order valence-electron chi connectivity index (χ4n) is 4.31. The number of carboxylic acid groups (broad SMARTS) is 6. The number of aliphatic carboxylic acids is 6. The summed E-state index contributed by atoms with van der Waals surface area (Å²) in [6.45, 7) is 16.8. The van der Waals surface area contributed by atoms with E-state index in [9.17, 15) is 33.6 Å². The fourth-order valence-corrected chi connectivity index (χ4v) is 4.31. The molecule has 0 atom stereocenters. The highest BCUT2D eigenvalue weighted by Gasteiger charge is 2.41. The fraction of sp³-hybridized carbons (Fsp3) is 0.606. The van der Waals surface area contributed by atoms with E-state index in [1.54, 1.807) is 0 Å². The molecule has 0 radical (unpaired) electrons. The van der Waals surface area contributed by atoms with E-state index in [2.05, 4.69) is 42.8 Å². The molecule has 302 valence electrons. The topological polar surface area (TPSA) is 312 Å². The number of benzene rings is 1. The quantitative estimate of drug-likeness (QED) is 0.0682. The number of likely N-dealkylation sites (N-methyl/N-ethyl adjacent to an activating group) is 2. The molecule has 0 aromatic heterocycles. The molecule has 1 rings (SSSR count). The highest BCUT2D eigenvalue weighted by molar-refractivity contribution is 5.88. The minimum absolute atomic E-state index is 0.00836. The van der Waals surface area contributed by atoms with Gasteiger partial charge in [0.15, 0.2) is 11.2 Å². The highest BCUT2D eigenvalue weighted by atomic mass is 16.5. The van der Waals surface area contributed by atoms with Crippen molar-refractivity contribution in [2.24, 2.45) is 0 Å². The number of carbonyl (C=O) groups excluding carboxylic acids is 1. The molecule has 0 aliphatic heterocycles. The second-order valence-electron chi connectivity index (χ2n) is 11.4. The van der Waals surface area contributed by atoms with Crippen molar-refractivity contribution in [2.45, 2.75) is 64.6 Å². The monoisotopic (exact) mass is 762 g/mol. The van der Waals surface area contributed by atoms with Crippen molar-refractivity contribution in [3.8, 4) is 5.75 Å². The van der Waals surface area contributed by atoms with E-state index in [4.69, 9.17) is 45.6 Å². The number of amides is 2. The standard InChI is InChI=1S/C21H38N4O2.2C6H8O7/c1-5-23(6-2)15-14-22-21(26)25(17-16-24(7-3)8-4)18-19-27-20-12-10-9-11-13-20;2*7-3(8)1-6(13,5(11)12)2-4(9)10/h9-13H,5-8,14-19H2,1-4H3,(H,22,26);2*13H,1-2H2,(H,7,8)(H,9,10)(H,11,12). The highest BCUT2D eigenvalue weighted by Crippen LogP contribution is 2.16. The molecule has 0 unspecified atom stereocenters.